The number of rotatable bonds is 4. The van der Waals surface area contributed by atoms with Gasteiger partial charge in [-0.05, 0) is 38.2 Å². The largest absolute Gasteiger partial charge is 0.501 e. The van der Waals surface area contributed by atoms with Crippen LogP contribution < -0.4 is 5.32 Å². The van der Waals surface area contributed by atoms with Crippen molar-refractivity contribution in [3.63, 3.8) is 0 Å². The fraction of sp³-hybridized carbons (Fsp3) is 0.818. The first-order chi connectivity index (χ1) is 6.68. The molecule has 2 rings (SSSR count). The van der Waals surface area contributed by atoms with E-state index < -0.39 is 5.60 Å². The molecule has 0 aromatic heterocycles. The van der Waals surface area contributed by atoms with Crippen LogP contribution in [0, 0.1) is 0 Å². The fourth-order valence-electron chi connectivity index (χ4n) is 1.70. The Morgan fingerprint density at radius 1 is 1.64 bits per heavy atom. The maximum Gasteiger partial charge on any atom is 0.0984 e. The predicted octanol–water partition coefficient (Wildman–Crippen LogP) is 1.18. The Bertz CT molecular complexity index is 231. The second-order valence-corrected chi connectivity index (χ2v) is 4.55. The van der Waals surface area contributed by atoms with Crippen molar-refractivity contribution in [2.24, 2.45) is 0 Å². The fourth-order valence-corrected chi connectivity index (χ4v) is 1.70. The predicted molar refractivity (Wildman–Crippen MR) is 54.9 cm³/mol. The second kappa shape index (κ2) is 3.91. The van der Waals surface area contributed by atoms with Crippen molar-refractivity contribution in [1.29, 1.82) is 0 Å². The van der Waals surface area contributed by atoms with Gasteiger partial charge in [-0.15, -0.1) is 0 Å². The lowest BCUT2D eigenvalue weighted by atomic mass is 9.92. The van der Waals surface area contributed by atoms with E-state index in [0.29, 0.717) is 12.6 Å². The van der Waals surface area contributed by atoms with Crippen molar-refractivity contribution in [3.05, 3.63) is 11.8 Å². The third kappa shape index (κ3) is 2.49. The van der Waals surface area contributed by atoms with Crippen LogP contribution in [0.1, 0.15) is 32.6 Å². The Morgan fingerprint density at radius 3 is 3.00 bits per heavy atom. The highest BCUT2D eigenvalue weighted by Gasteiger charge is 2.30. The van der Waals surface area contributed by atoms with Crippen molar-refractivity contribution >= 4 is 0 Å². The standard InChI is InChI=1S/C11H19NO2/c1-11(13,8-12-10-4-5-10)9-3-2-6-14-7-9/h7,10,12-13H,2-6,8H2,1H3. The van der Waals surface area contributed by atoms with Crippen LogP contribution in [0.5, 0.6) is 0 Å². The average molecular weight is 197 g/mol. The molecule has 0 radical (unpaired) electrons. The minimum Gasteiger partial charge on any atom is -0.501 e. The van der Waals surface area contributed by atoms with Gasteiger partial charge in [0, 0.05) is 12.6 Å². The zero-order valence-electron chi connectivity index (χ0n) is 8.75. The summed E-state index contributed by atoms with van der Waals surface area (Å²) in [5.41, 5.74) is 0.292. The van der Waals surface area contributed by atoms with E-state index in [9.17, 15) is 5.11 Å². The third-order valence-corrected chi connectivity index (χ3v) is 2.94. The monoisotopic (exact) mass is 197 g/mol. The minimum atomic E-state index is -0.733. The molecule has 3 nitrogen and oxygen atoms in total. The van der Waals surface area contributed by atoms with Gasteiger partial charge in [0.05, 0.1) is 18.5 Å². The second-order valence-electron chi connectivity index (χ2n) is 4.55. The van der Waals surface area contributed by atoms with E-state index in [0.717, 1.165) is 25.0 Å². The van der Waals surface area contributed by atoms with Gasteiger partial charge in [0.25, 0.3) is 0 Å². The van der Waals surface area contributed by atoms with E-state index in [4.69, 9.17) is 4.74 Å². The van der Waals surface area contributed by atoms with Crippen molar-refractivity contribution in [1.82, 2.24) is 5.32 Å². The molecule has 2 aliphatic rings. The van der Waals surface area contributed by atoms with Crippen LogP contribution in [-0.2, 0) is 4.74 Å². The van der Waals surface area contributed by atoms with Gasteiger partial charge in [-0.2, -0.15) is 0 Å². The normalized spacial score (nSPS) is 26.3. The van der Waals surface area contributed by atoms with E-state index in [1.54, 1.807) is 6.26 Å². The van der Waals surface area contributed by atoms with Crippen molar-refractivity contribution in [2.45, 2.75) is 44.2 Å². The Balaban J connectivity index is 1.87. The molecule has 14 heavy (non-hydrogen) atoms. The van der Waals surface area contributed by atoms with E-state index in [-0.39, 0.29) is 0 Å². The number of aliphatic hydroxyl groups is 1. The zero-order chi connectivity index (χ0) is 10.0. The molecular formula is C11H19NO2. The topological polar surface area (TPSA) is 41.5 Å². The number of ether oxygens (including phenoxy) is 1. The van der Waals surface area contributed by atoms with Crippen LogP contribution in [0.2, 0.25) is 0 Å². The molecule has 0 spiro atoms. The molecule has 1 fully saturated rings. The van der Waals surface area contributed by atoms with Gasteiger partial charge >= 0.3 is 0 Å². The molecule has 80 valence electrons. The highest BCUT2D eigenvalue weighted by Crippen LogP contribution is 2.26. The summed E-state index contributed by atoms with van der Waals surface area (Å²) in [7, 11) is 0. The quantitative estimate of drug-likeness (QED) is 0.711. The summed E-state index contributed by atoms with van der Waals surface area (Å²) in [5.74, 6) is 0. The highest BCUT2D eigenvalue weighted by molar-refractivity contribution is 5.15. The molecule has 0 amide bonds. The molecule has 0 aromatic carbocycles. The summed E-state index contributed by atoms with van der Waals surface area (Å²) in [6.07, 6.45) is 6.22. The van der Waals surface area contributed by atoms with Crippen LogP contribution in [0.15, 0.2) is 11.8 Å². The average Bonchev–Trinajstić information content (AvgIpc) is 3.00. The van der Waals surface area contributed by atoms with E-state index in [1.165, 1.54) is 12.8 Å². The van der Waals surface area contributed by atoms with Crippen LogP contribution >= 0.6 is 0 Å². The molecule has 1 heterocycles. The van der Waals surface area contributed by atoms with Crippen molar-refractivity contribution < 1.29 is 9.84 Å². The molecule has 1 unspecified atom stereocenters. The summed E-state index contributed by atoms with van der Waals surface area (Å²) < 4.78 is 5.24. The molecule has 0 bridgehead atoms. The molecule has 1 aliphatic carbocycles. The Morgan fingerprint density at radius 2 is 2.43 bits per heavy atom. The lowest BCUT2D eigenvalue weighted by Crippen LogP contribution is -2.41. The molecular weight excluding hydrogens is 178 g/mol. The van der Waals surface area contributed by atoms with Gasteiger partial charge in [-0.3, -0.25) is 0 Å². The maximum absolute atomic E-state index is 10.2. The Hall–Kier alpha value is -0.540. The first-order valence-corrected chi connectivity index (χ1v) is 5.45. The number of hydrogen-bond acceptors (Lipinski definition) is 3. The summed E-state index contributed by atoms with van der Waals surface area (Å²) in [5, 5.41) is 13.6. The number of nitrogens with one attached hydrogen (secondary N) is 1. The highest BCUT2D eigenvalue weighted by atomic mass is 16.5. The summed E-state index contributed by atoms with van der Waals surface area (Å²) in [6.45, 7) is 3.30. The molecule has 1 saturated carbocycles. The Kier molecular flexibility index (Phi) is 2.79. The molecule has 1 aliphatic heterocycles. The molecule has 0 saturated heterocycles. The van der Waals surface area contributed by atoms with E-state index >= 15 is 0 Å². The summed E-state index contributed by atoms with van der Waals surface area (Å²) in [6, 6.07) is 0.645. The summed E-state index contributed by atoms with van der Waals surface area (Å²) >= 11 is 0. The third-order valence-electron chi connectivity index (χ3n) is 2.94. The minimum absolute atomic E-state index is 0.645. The van der Waals surface area contributed by atoms with Crippen LogP contribution in [0.25, 0.3) is 0 Å². The van der Waals surface area contributed by atoms with Gasteiger partial charge in [-0.1, -0.05) is 0 Å². The van der Waals surface area contributed by atoms with E-state index in [1.807, 2.05) is 6.92 Å². The first kappa shape index (κ1) is 9.99. The van der Waals surface area contributed by atoms with Crippen LogP contribution in [0.3, 0.4) is 0 Å². The van der Waals surface area contributed by atoms with Gasteiger partial charge in [0.2, 0.25) is 0 Å². The zero-order valence-corrected chi connectivity index (χ0v) is 8.75. The summed E-state index contributed by atoms with van der Waals surface area (Å²) in [4.78, 5) is 0. The molecule has 0 aromatic rings. The first-order valence-electron chi connectivity index (χ1n) is 5.45. The molecule has 3 heteroatoms. The van der Waals surface area contributed by atoms with Crippen LogP contribution in [-0.4, -0.2) is 29.9 Å². The number of hydrogen-bond donors (Lipinski definition) is 2. The van der Waals surface area contributed by atoms with Crippen molar-refractivity contribution in [2.75, 3.05) is 13.2 Å². The molecule has 1 atom stereocenters. The lowest BCUT2D eigenvalue weighted by molar-refractivity contribution is 0.0793. The van der Waals surface area contributed by atoms with E-state index in [2.05, 4.69) is 5.32 Å². The van der Waals surface area contributed by atoms with Gasteiger partial charge < -0.3 is 15.2 Å². The SMILES string of the molecule is CC(O)(CNC1CC1)C1=COCCC1. The Labute approximate surface area is 85.1 Å². The van der Waals surface area contributed by atoms with Crippen LogP contribution in [0.4, 0.5) is 0 Å². The molecule has 2 N–H and O–H groups in total. The van der Waals surface area contributed by atoms with Crippen molar-refractivity contribution in [3.8, 4) is 0 Å². The lowest BCUT2D eigenvalue weighted by Gasteiger charge is -2.29. The van der Waals surface area contributed by atoms with Gasteiger partial charge in [0.1, 0.15) is 0 Å². The van der Waals surface area contributed by atoms with Gasteiger partial charge in [0.15, 0.2) is 0 Å². The maximum atomic E-state index is 10.2. The smallest absolute Gasteiger partial charge is 0.0984 e. The van der Waals surface area contributed by atoms with Gasteiger partial charge in [-0.25, -0.2) is 0 Å².